The number of rotatable bonds is 5. The molecule has 2 rings (SSSR count). The summed E-state index contributed by atoms with van der Waals surface area (Å²) in [6.07, 6.45) is 3.23. The second kappa shape index (κ2) is 6.58. The second-order valence-corrected chi connectivity index (χ2v) is 8.59. The van der Waals surface area contributed by atoms with E-state index in [0.717, 1.165) is 30.6 Å². The molecule has 1 heterocycles. The zero-order chi connectivity index (χ0) is 17.3. The Balaban J connectivity index is 2.16. The van der Waals surface area contributed by atoms with E-state index in [2.05, 4.69) is 12.2 Å². The van der Waals surface area contributed by atoms with E-state index in [-0.39, 0.29) is 9.77 Å². The lowest BCUT2D eigenvalue weighted by Crippen LogP contribution is -2.56. The molecule has 1 aromatic rings. The molecule has 1 saturated carbocycles. The van der Waals surface area contributed by atoms with Crippen LogP contribution >= 0.6 is 11.3 Å². The number of carboxylic acid groups (broad SMARTS) is 1. The van der Waals surface area contributed by atoms with Crippen LogP contribution in [0, 0.1) is 5.92 Å². The average molecular weight is 360 g/mol. The third-order valence-corrected chi connectivity index (χ3v) is 6.80. The SMILES string of the molecule is CCC1CCC(NC(=O)c2csc(S(N)(=O)=O)c2)(C(=O)O)CC1. The van der Waals surface area contributed by atoms with Gasteiger partial charge in [0.15, 0.2) is 0 Å². The number of amides is 1. The highest BCUT2D eigenvalue weighted by molar-refractivity contribution is 7.91. The largest absolute Gasteiger partial charge is 0.480 e. The topological polar surface area (TPSA) is 127 Å². The van der Waals surface area contributed by atoms with Crippen LogP contribution in [-0.4, -0.2) is 30.9 Å². The van der Waals surface area contributed by atoms with Crippen LogP contribution in [0.1, 0.15) is 49.4 Å². The predicted molar refractivity (Wildman–Crippen MR) is 85.8 cm³/mol. The number of hydrogen-bond donors (Lipinski definition) is 3. The fourth-order valence-corrected chi connectivity index (χ4v) is 4.43. The molecule has 4 N–H and O–H groups in total. The van der Waals surface area contributed by atoms with Crippen LogP contribution in [0.5, 0.6) is 0 Å². The number of nitrogens with one attached hydrogen (secondary N) is 1. The molecule has 1 aliphatic rings. The molecular formula is C14H20N2O5S2. The van der Waals surface area contributed by atoms with Gasteiger partial charge in [-0.1, -0.05) is 13.3 Å². The summed E-state index contributed by atoms with van der Waals surface area (Å²) in [5.74, 6) is -1.16. The molecule has 1 aliphatic carbocycles. The zero-order valence-electron chi connectivity index (χ0n) is 12.7. The molecule has 23 heavy (non-hydrogen) atoms. The first-order valence-corrected chi connectivity index (χ1v) is 9.78. The van der Waals surface area contributed by atoms with Gasteiger partial charge in [-0.2, -0.15) is 0 Å². The van der Waals surface area contributed by atoms with Crippen LogP contribution in [-0.2, 0) is 14.8 Å². The molecule has 0 saturated heterocycles. The Morgan fingerprint density at radius 1 is 1.43 bits per heavy atom. The lowest BCUT2D eigenvalue weighted by atomic mass is 9.75. The van der Waals surface area contributed by atoms with Crippen LogP contribution in [0.15, 0.2) is 15.7 Å². The number of carbonyl (C=O) groups excluding carboxylic acids is 1. The number of carbonyl (C=O) groups is 2. The summed E-state index contributed by atoms with van der Waals surface area (Å²) < 4.78 is 22.4. The normalized spacial score (nSPS) is 25.0. The molecule has 9 heteroatoms. The zero-order valence-corrected chi connectivity index (χ0v) is 14.4. The summed E-state index contributed by atoms with van der Waals surface area (Å²) in [6.45, 7) is 2.07. The van der Waals surface area contributed by atoms with Crippen molar-refractivity contribution in [3.63, 3.8) is 0 Å². The highest BCUT2D eigenvalue weighted by Gasteiger charge is 2.43. The van der Waals surface area contributed by atoms with E-state index in [1.807, 2.05) is 0 Å². The first kappa shape index (κ1) is 17.9. The molecule has 0 unspecified atom stereocenters. The summed E-state index contributed by atoms with van der Waals surface area (Å²) in [4.78, 5) is 24.0. The number of thiophene rings is 1. The summed E-state index contributed by atoms with van der Waals surface area (Å²) in [6, 6.07) is 1.17. The molecule has 0 radical (unpaired) electrons. The van der Waals surface area contributed by atoms with Crippen LogP contribution in [0.3, 0.4) is 0 Å². The first-order valence-electron chi connectivity index (χ1n) is 7.35. The quantitative estimate of drug-likeness (QED) is 0.734. The van der Waals surface area contributed by atoms with Crippen LogP contribution < -0.4 is 10.5 Å². The summed E-state index contributed by atoms with van der Waals surface area (Å²) in [7, 11) is -3.87. The van der Waals surface area contributed by atoms with Crippen molar-refractivity contribution in [3.8, 4) is 0 Å². The van der Waals surface area contributed by atoms with Crippen molar-refractivity contribution >= 4 is 33.2 Å². The monoisotopic (exact) mass is 360 g/mol. The Kier molecular flexibility index (Phi) is 5.12. The van der Waals surface area contributed by atoms with Gasteiger partial charge in [0.25, 0.3) is 5.91 Å². The molecule has 0 aliphatic heterocycles. The fraction of sp³-hybridized carbons (Fsp3) is 0.571. The van der Waals surface area contributed by atoms with Crippen molar-refractivity contribution in [2.75, 3.05) is 0 Å². The number of primary sulfonamides is 1. The maximum atomic E-state index is 12.3. The number of sulfonamides is 1. The predicted octanol–water partition coefficient (Wildman–Crippen LogP) is 1.55. The van der Waals surface area contributed by atoms with E-state index in [0.29, 0.717) is 18.8 Å². The van der Waals surface area contributed by atoms with E-state index in [4.69, 9.17) is 5.14 Å². The molecule has 0 spiro atoms. The molecule has 0 bridgehead atoms. The van der Waals surface area contributed by atoms with Crippen molar-refractivity contribution in [3.05, 3.63) is 17.0 Å². The smallest absolute Gasteiger partial charge is 0.329 e. The van der Waals surface area contributed by atoms with Gasteiger partial charge < -0.3 is 10.4 Å². The molecule has 1 aromatic heterocycles. The van der Waals surface area contributed by atoms with Gasteiger partial charge in [-0.25, -0.2) is 18.4 Å². The maximum Gasteiger partial charge on any atom is 0.329 e. The Morgan fingerprint density at radius 2 is 2.04 bits per heavy atom. The Morgan fingerprint density at radius 3 is 2.48 bits per heavy atom. The van der Waals surface area contributed by atoms with Crippen molar-refractivity contribution in [2.45, 2.75) is 48.8 Å². The Labute approximate surface area is 138 Å². The summed E-state index contributed by atoms with van der Waals surface area (Å²) >= 11 is 0.837. The van der Waals surface area contributed by atoms with E-state index in [1.54, 1.807) is 0 Å². The van der Waals surface area contributed by atoms with Gasteiger partial charge in [0.1, 0.15) is 9.75 Å². The average Bonchev–Trinajstić information content (AvgIpc) is 2.98. The van der Waals surface area contributed by atoms with E-state index < -0.39 is 27.4 Å². The number of hydrogen-bond acceptors (Lipinski definition) is 5. The molecular weight excluding hydrogens is 340 g/mol. The maximum absolute atomic E-state index is 12.3. The molecule has 7 nitrogen and oxygen atoms in total. The van der Waals surface area contributed by atoms with Crippen LogP contribution in [0.25, 0.3) is 0 Å². The minimum Gasteiger partial charge on any atom is -0.480 e. The molecule has 1 amide bonds. The van der Waals surface area contributed by atoms with Gasteiger partial charge in [-0.05, 0) is 37.7 Å². The van der Waals surface area contributed by atoms with Gasteiger partial charge in [-0.3, -0.25) is 4.79 Å². The van der Waals surface area contributed by atoms with Crippen LogP contribution in [0.4, 0.5) is 0 Å². The first-order chi connectivity index (χ1) is 10.7. The van der Waals surface area contributed by atoms with Gasteiger partial charge in [0.2, 0.25) is 10.0 Å². The van der Waals surface area contributed by atoms with Gasteiger partial charge >= 0.3 is 5.97 Å². The molecule has 128 valence electrons. The van der Waals surface area contributed by atoms with Gasteiger partial charge in [-0.15, -0.1) is 11.3 Å². The van der Waals surface area contributed by atoms with Crippen molar-refractivity contribution < 1.29 is 23.1 Å². The lowest BCUT2D eigenvalue weighted by Gasteiger charge is -2.37. The summed E-state index contributed by atoms with van der Waals surface area (Å²) in [5.41, 5.74) is -1.18. The third-order valence-electron chi connectivity index (χ3n) is 4.42. The molecule has 1 fully saturated rings. The van der Waals surface area contributed by atoms with E-state index in [9.17, 15) is 23.1 Å². The molecule has 0 atom stereocenters. The van der Waals surface area contributed by atoms with Crippen molar-refractivity contribution in [2.24, 2.45) is 11.1 Å². The molecule has 0 aromatic carbocycles. The number of carboxylic acids is 1. The second-order valence-electron chi connectivity index (χ2n) is 5.89. The lowest BCUT2D eigenvalue weighted by molar-refractivity contribution is -0.146. The minimum atomic E-state index is -3.87. The van der Waals surface area contributed by atoms with Gasteiger partial charge in [0, 0.05) is 5.38 Å². The highest BCUT2D eigenvalue weighted by Crippen LogP contribution is 2.34. The standard InChI is InChI=1S/C14H20N2O5S2/c1-2-9-3-5-14(6-4-9,13(18)19)16-12(17)10-7-11(22-8-10)23(15,20)21/h7-9H,2-6H2,1H3,(H,16,17)(H,18,19)(H2,15,20,21). The summed E-state index contributed by atoms with van der Waals surface area (Å²) in [5, 5.41) is 18.5. The number of aliphatic carboxylic acids is 1. The third kappa shape index (κ3) is 3.91. The van der Waals surface area contributed by atoms with Crippen molar-refractivity contribution in [1.29, 1.82) is 0 Å². The Hall–Kier alpha value is -1.45. The van der Waals surface area contributed by atoms with E-state index >= 15 is 0 Å². The fourth-order valence-electron chi connectivity index (χ4n) is 2.85. The van der Waals surface area contributed by atoms with Crippen LogP contribution in [0.2, 0.25) is 0 Å². The highest BCUT2D eigenvalue weighted by atomic mass is 32.2. The minimum absolute atomic E-state index is 0.109. The van der Waals surface area contributed by atoms with Crippen molar-refractivity contribution in [1.82, 2.24) is 5.32 Å². The Bertz CT molecular complexity index is 703. The van der Waals surface area contributed by atoms with E-state index in [1.165, 1.54) is 11.4 Å². The van der Waals surface area contributed by atoms with Gasteiger partial charge in [0.05, 0.1) is 5.56 Å². The number of nitrogens with two attached hydrogens (primary N) is 1.